The zero-order chi connectivity index (χ0) is 18.5. The van der Waals surface area contributed by atoms with Crippen molar-refractivity contribution < 1.29 is 5.11 Å². The quantitative estimate of drug-likeness (QED) is 0.609. The van der Waals surface area contributed by atoms with E-state index in [0.29, 0.717) is 0 Å². The first-order chi connectivity index (χ1) is 13.3. The monoisotopic (exact) mass is 416 g/mol. The van der Waals surface area contributed by atoms with Crippen LogP contribution in [0, 0.1) is 0 Å². The van der Waals surface area contributed by atoms with Crippen molar-refractivity contribution >= 4 is 39.5 Å². The number of rotatable bonds is 7. The molecule has 1 saturated heterocycles. The normalized spacial score (nSPS) is 15.0. The second kappa shape index (κ2) is 10.3. The molecule has 0 radical (unpaired) electrons. The van der Waals surface area contributed by atoms with Crippen molar-refractivity contribution in [1.82, 2.24) is 4.90 Å². The number of aliphatic hydroxyl groups excluding tert-OH is 1. The van der Waals surface area contributed by atoms with Crippen LogP contribution in [-0.4, -0.2) is 49.3 Å². The molecule has 1 N–H and O–H groups in total. The maximum absolute atomic E-state index is 9.09. The van der Waals surface area contributed by atoms with Gasteiger partial charge in [0.15, 0.2) is 0 Å². The highest BCUT2D eigenvalue weighted by Crippen LogP contribution is 2.34. The molecule has 0 unspecified atom stereocenters. The minimum Gasteiger partial charge on any atom is -0.396 e. The molecule has 2 heterocycles. The van der Waals surface area contributed by atoms with E-state index in [1.54, 1.807) is 0 Å². The molecule has 1 fully saturated rings. The molecular weight excluding hydrogens is 388 g/mol. The minimum absolute atomic E-state index is 0. The summed E-state index contributed by atoms with van der Waals surface area (Å²) in [7, 11) is 0. The standard InChI is InChI=1S/C23H28N2OS.ClH/c26-17-5-8-20-18-21-22(9-4-10-23(21)27-20)25-15-13-24(14-16-25)12-11-19-6-2-1-3-7-19;/h1-4,6-7,9-10,18,26H,5,8,11-17H2;1H. The maximum Gasteiger partial charge on any atom is 0.0455 e. The van der Waals surface area contributed by atoms with E-state index in [9.17, 15) is 0 Å². The highest BCUT2D eigenvalue weighted by Gasteiger charge is 2.19. The summed E-state index contributed by atoms with van der Waals surface area (Å²) in [6.45, 7) is 5.86. The highest BCUT2D eigenvalue weighted by atomic mass is 35.5. The van der Waals surface area contributed by atoms with E-state index >= 15 is 0 Å². The van der Waals surface area contributed by atoms with Gasteiger partial charge in [0.1, 0.15) is 0 Å². The SMILES string of the molecule is Cl.OCCCc1cc2c(N3CCN(CCc4ccccc4)CC3)cccc2s1. The van der Waals surface area contributed by atoms with Crippen LogP contribution in [0.15, 0.2) is 54.6 Å². The Kier molecular flexibility index (Phi) is 7.74. The van der Waals surface area contributed by atoms with Crippen molar-refractivity contribution in [2.24, 2.45) is 0 Å². The average Bonchev–Trinajstić information content (AvgIpc) is 3.15. The Hall–Kier alpha value is -1.59. The van der Waals surface area contributed by atoms with Crippen LogP contribution < -0.4 is 4.90 Å². The molecule has 0 spiro atoms. The topological polar surface area (TPSA) is 26.7 Å². The number of halogens is 1. The lowest BCUT2D eigenvalue weighted by molar-refractivity contribution is 0.261. The van der Waals surface area contributed by atoms with Gasteiger partial charge in [-0.2, -0.15) is 0 Å². The van der Waals surface area contributed by atoms with Crippen LogP contribution in [0.3, 0.4) is 0 Å². The summed E-state index contributed by atoms with van der Waals surface area (Å²) in [5, 5.41) is 10.5. The third-order valence-corrected chi connectivity index (χ3v) is 6.60. The Morgan fingerprint density at radius 3 is 2.43 bits per heavy atom. The number of fused-ring (bicyclic) bond motifs is 1. The number of benzene rings is 2. The van der Waals surface area contributed by atoms with Crippen LogP contribution in [0.4, 0.5) is 5.69 Å². The Labute approximate surface area is 178 Å². The summed E-state index contributed by atoms with van der Waals surface area (Å²) in [5.41, 5.74) is 2.81. The van der Waals surface area contributed by atoms with Crippen molar-refractivity contribution in [3.8, 4) is 0 Å². The van der Waals surface area contributed by atoms with Crippen molar-refractivity contribution in [3.63, 3.8) is 0 Å². The Morgan fingerprint density at radius 2 is 1.68 bits per heavy atom. The molecule has 2 aromatic carbocycles. The Bertz CT molecular complexity index is 859. The van der Waals surface area contributed by atoms with E-state index in [-0.39, 0.29) is 19.0 Å². The van der Waals surface area contributed by atoms with E-state index in [0.717, 1.165) is 52.0 Å². The number of anilines is 1. The number of hydrogen-bond acceptors (Lipinski definition) is 4. The lowest BCUT2D eigenvalue weighted by Crippen LogP contribution is -2.47. The number of aryl methyl sites for hydroxylation is 1. The zero-order valence-electron chi connectivity index (χ0n) is 16.2. The van der Waals surface area contributed by atoms with E-state index in [2.05, 4.69) is 64.4 Å². The fourth-order valence-corrected chi connectivity index (χ4v) is 5.02. The third-order valence-electron chi connectivity index (χ3n) is 5.44. The van der Waals surface area contributed by atoms with Crippen LogP contribution in [0.25, 0.3) is 10.1 Å². The summed E-state index contributed by atoms with van der Waals surface area (Å²) in [6, 6.07) is 19.8. The smallest absolute Gasteiger partial charge is 0.0455 e. The summed E-state index contributed by atoms with van der Waals surface area (Å²) in [4.78, 5) is 6.52. The van der Waals surface area contributed by atoms with Gasteiger partial charge in [-0.1, -0.05) is 36.4 Å². The molecule has 0 bridgehead atoms. The molecule has 0 saturated carbocycles. The summed E-state index contributed by atoms with van der Waals surface area (Å²) in [6.07, 6.45) is 2.96. The Balaban J connectivity index is 0.00000225. The molecule has 0 aliphatic carbocycles. The molecule has 3 aromatic rings. The first-order valence-electron chi connectivity index (χ1n) is 9.97. The second-order valence-electron chi connectivity index (χ2n) is 7.29. The van der Waals surface area contributed by atoms with Crippen LogP contribution in [0.5, 0.6) is 0 Å². The fraction of sp³-hybridized carbons (Fsp3) is 0.391. The molecule has 0 atom stereocenters. The molecule has 1 aromatic heterocycles. The predicted octanol–water partition coefficient (Wildman–Crippen LogP) is 4.61. The predicted molar refractivity (Wildman–Crippen MR) is 123 cm³/mol. The molecule has 0 amide bonds. The third kappa shape index (κ3) is 5.06. The van der Waals surface area contributed by atoms with Gasteiger partial charge in [-0.15, -0.1) is 23.7 Å². The zero-order valence-corrected chi connectivity index (χ0v) is 17.9. The molecule has 1 aliphatic rings. The van der Waals surface area contributed by atoms with Gasteiger partial charge >= 0.3 is 0 Å². The summed E-state index contributed by atoms with van der Waals surface area (Å²) >= 11 is 1.87. The first-order valence-corrected chi connectivity index (χ1v) is 10.8. The first kappa shape index (κ1) is 21.1. The number of nitrogens with zero attached hydrogens (tertiary/aromatic N) is 2. The van der Waals surface area contributed by atoms with Crippen molar-refractivity contribution in [3.05, 3.63) is 65.0 Å². The molecular formula is C23H29ClN2OS. The van der Waals surface area contributed by atoms with Crippen molar-refractivity contribution in [2.75, 3.05) is 44.2 Å². The van der Waals surface area contributed by atoms with E-state index in [1.807, 2.05) is 11.3 Å². The van der Waals surface area contributed by atoms with Crippen LogP contribution >= 0.6 is 23.7 Å². The van der Waals surface area contributed by atoms with Crippen molar-refractivity contribution in [1.29, 1.82) is 0 Å². The van der Waals surface area contributed by atoms with E-state index in [4.69, 9.17) is 5.11 Å². The van der Waals surface area contributed by atoms with Crippen LogP contribution in [0.2, 0.25) is 0 Å². The highest BCUT2D eigenvalue weighted by molar-refractivity contribution is 7.19. The van der Waals surface area contributed by atoms with Crippen LogP contribution in [0.1, 0.15) is 16.9 Å². The summed E-state index contributed by atoms with van der Waals surface area (Å²) < 4.78 is 1.37. The molecule has 1 aliphatic heterocycles. The van der Waals surface area contributed by atoms with Gasteiger partial charge in [-0.25, -0.2) is 0 Å². The second-order valence-corrected chi connectivity index (χ2v) is 8.46. The molecule has 3 nitrogen and oxygen atoms in total. The summed E-state index contributed by atoms with van der Waals surface area (Å²) in [5.74, 6) is 0. The van der Waals surface area contributed by atoms with Gasteiger partial charge in [-0.3, -0.25) is 4.90 Å². The number of hydrogen-bond donors (Lipinski definition) is 1. The number of aliphatic hydroxyl groups is 1. The molecule has 5 heteroatoms. The lowest BCUT2D eigenvalue weighted by atomic mass is 10.1. The van der Waals surface area contributed by atoms with Gasteiger partial charge < -0.3 is 10.0 Å². The fourth-order valence-electron chi connectivity index (χ4n) is 3.89. The number of piperazine rings is 1. The number of thiophene rings is 1. The van der Waals surface area contributed by atoms with Gasteiger partial charge in [-0.05, 0) is 43.0 Å². The van der Waals surface area contributed by atoms with Gasteiger partial charge in [0.2, 0.25) is 0 Å². The van der Waals surface area contributed by atoms with Gasteiger partial charge in [0, 0.05) is 60.0 Å². The average molecular weight is 417 g/mol. The Morgan fingerprint density at radius 1 is 0.893 bits per heavy atom. The van der Waals surface area contributed by atoms with E-state index < -0.39 is 0 Å². The maximum atomic E-state index is 9.09. The largest absolute Gasteiger partial charge is 0.396 e. The van der Waals surface area contributed by atoms with Gasteiger partial charge in [0.25, 0.3) is 0 Å². The minimum atomic E-state index is 0. The van der Waals surface area contributed by atoms with E-state index in [1.165, 1.54) is 26.2 Å². The molecule has 28 heavy (non-hydrogen) atoms. The molecule has 4 rings (SSSR count). The molecule has 150 valence electrons. The van der Waals surface area contributed by atoms with Crippen molar-refractivity contribution in [2.45, 2.75) is 19.3 Å². The lowest BCUT2D eigenvalue weighted by Gasteiger charge is -2.36. The van der Waals surface area contributed by atoms with Crippen LogP contribution in [-0.2, 0) is 12.8 Å². The van der Waals surface area contributed by atoms with Gasteiger partial charge in [0.05, 0.1) is 0 Å².